The summed E-state index contributed by atoms with van der Waals surface area (Å²) in [6.07, 6.45) is 2.16. The molecule has 1 aliphatic heterocycles. The van der Waals surface area contributed by atoms with Gasteiger partial charge in [0.1, 0.15) is 0 Å². The van der Waals surface area contributed by atoms with E-state index in [1.807, 2.05) is 30.3 Å². The fourth-order valence-electron chi connectivity index (χ4n) is 2.12. The van der Waals surface area contributed by atoms with Gasteiger partial charge in [-0.15, -0.1) is 0 Å². The zero-order valence-electron chi connectivity index (χ0n) is 10.7. The predicted molar refractivity (Wildman–Crippen MR) is 75.6 cm³/mol. The Morgan fingerprint density at radius 2 is 1.40 bits per heavy atom. The van der Waals surface area contributed by atoms with Crippen LogP contribution in [0.4, 0.5) is 0 Å². The van der Waals surface area contributed by atoms with Gasteiger partial charge in [0, 0.05) is 12.6 Å². The number of hydrazone groups is 1. The van der Waals surface area contributed by atoms with E-state index >= 15 is 0 Å². The molecule has 0 saturated heterocycles. The van der Waals surface area contributed by atoms with Crippen molar-refractivity contribution >= 4 is 18.0 Å². The highest BCUT2D eigenvalue weighted by atomic mass is 16.2. The van der Waals surface area contributed by atoms with E-state index in [2.05, 4.69) is 5.10 Å². The van der Waals surface area contributed by atoms with E-state index in [-0.39, 0.29) is 11.8 Å². The van der Waals surface area contributed by atoms with Crippen molar-refractivity contribution < 1.29 is 9.59 Å². The number of benzene rings is 2. The number of rotatable bonds is 3. The van der Waals surface area contributed by atoms with Crippen LogP contribution in [-0.2, 0) is 6.42 Å². The van der Waals surface area contributed by atoms with Crippen molar-refractivity contribution in [2.24, 2.45) is 5.10 Å². The molecule has 0 aliphatic carbocycles. The molecule has 1 aliphatic rings. The van der Waals surface area contributed by atoms with Gasteiger partial charge in [0.25, 0.3) is 11.8 Å². The van der Waals surface area contributed by atoms with Crippen molar-refractivity contribution in [3.63, 3.8) is 0 Å². The third-order valence-corrected chi connectivity index (χ3v) is 3.14. The van der Waals surface area contributed by atoms with Gasteiger partial charge in [0.2, 0.25) is 0 Å². The summed E-state index contributed by atoms with van der Waals surface area (Å²) in [5, 5.41) is 4.93. The molecule has 0 spiro atoms. The topological polar surface area (TPSA) is 49.7 Å². The molecule has 0 saturated carbocycles. The van der Waals surface area contributed by atoms with E-state index in [1.165, 1.54) is 0 Å². The Labute approximate surface area is 116 Å². The van der Waals surface area contributed by atoms with E-state index in [4.69, 9.17) is 0 Å². The van der Waals surface area contributed by atoms with Gasteiger partial charge in [-0.2, -0.15) is 10.1 Å². The summed E-state index contributed by atoms with van der Waals surface area (Å²) >= 11 is 0. The van der Waals surface area contributed by atoms with Crippen LogP contribution in [0.3, 0.4) is 0 Å². The molecule has 0 radical (unpaired) electrons. The highest BCUT2D eigenvalue weighted by Gasteiger charge is 2.34. The molecular weight excluding hydrogens is 252 g/mol. The maximum absolute atomic E-state index is 12.0. The molecule has 3 rings (SSSR count). The van der Waals surface area contributed by atoms with Gasteiger partial charge in [-0.3, -0.25) is 9.59 Å². The van der Waals surface area contributed by atoms with Crippen LogP contribution in [0.1, 0.15) is 26.3 Å². The van der Waals surface area contributed by atoms with Crippen molar-refractivity contribution in [1.82, 2.24) is 5.01 Å². The van der Waals surface area contributed by atoms with Crippen LogP contribution in [0.5, 0.6) is 0 Å². The molecule has 4 nitrogen and oxygen atoms in total. The van der Waals surface area contributed by atoms with Crippen LogP contribution in [0, 0.1) is 0 Å². The van der Waals surface area contributed by atoms with Gasteiger partial charge in [-0.25, -0.2) is 0 Å². The Morgan fingerprint density at radius 1 is 0.850 bits per heavy atom. The summed E-state index contributed by atoms with van der Waals surface area (Å²) in [6.45, 7) is 0. The lowest BCUT2D eigenvalue weighted by Gasteiger charge is -2.05. The SMILES string of the molecule is O=C1c2ccccc2C(=O)N1N=CCc1ccccc1. The van der Waals surface area contributed by atoms with Crippen molar-refractivity contribution in [3.8, 4) is 0 Å². The summed E-state index contributed by atoms with van der Waals surface area (Å²) < 4.78 is 0. The molecule has 0 fully saturated rings. The normalized spacial score (nSPS) is 14.1. The van der Waals surface area contributed by atoms with Gasteiger partial charge in [0.15, 0.2) is 0 Å². The van der Waals surface area contributed by atoms with Crippen molar-refractivity contribution in [2.75, 3.05) is 0 Å². The van der Waals surface area contributed by atoms with Gasteiger partial charge in [-0.1, -0.05) is 42.5 Å². The first-order chi connectivity index (χ1) is 9.77. The Kier molecular flexibility index (Phi) is 3.13. The van der Waals surface area contributed by atoms with Crippen LogP contribution in [0.15, 0.2) is 59.7 Å². The Hall–Kier alpha value is -2.75. The summed E-state index contributed by atoms with van der Waals surface area (Å²) in [5.74, 6) is -0.732. The fraction of sp³-hybridized carbons (Fsp3) is 0.0625. The first-order valence-corrected chi connectivity index (χ1v) is 6.31. The molecule has 98 valence electrons. The molecule has 4 heteroatoms. The van der Waals surface area contributed by atoms with E-state index in [0.29, 0.717) is 17.5 Å². The van der Waals surface area contributed by atoms with Crippen LogP contribution in [-0.4, -0.2) is 23.0 Å². The van der Waals surface area contributed by atoms with Gasteiger partial charge in [0.05, 0.1) is 11.1 Å². The molecule has 2 aromatic rings. The first-order valence-electron chi connectivity index (χ1n) is 6.31. The van der Waals surface area contributed by atoms with Crippen LogP contribution in [0.25, 0.3) is 0 Å². The second-order valence-electron chi connectivity index (χ2n) is 4.46. The molecule has 2 aromatic carbocycles. The first kappa shape index (κ1) is 12.3. The molecule has 2 amide bonds. The molecule has 20 heavy (non-hydrogen) atoms. The number of hydrogen-bond acceptors (Lipinski definition) is 3. The number of fused-ring (bicyclic) bond motifs is 1. The van der Waals surface area contributed by atoms with Crippen molar-refractivity contribution in [3.05, 3.63) is 71.3 Å². The highest BCUT2D eigenvalue weighted by molar-refractivity contribution is 6.21. The number of amides is 2. The van der Waals surface area contributed by atoms with Gasteiger partial charge >= 0.3 is 0 Å². The van der Waals surface area contributed by atoms with Gasteiger partial charge in [-0.05, 0) is 17.7 Å². The zero-order valence-corrected chi connectivity index (χ0v) is 10.7. The Balaban J connectivity index is 1.77. The average Bonchev–Trinajstić information content (AvgIpc) is 2.74. The molecule has 1 heterocycles. The minimum absolute atomic E-state index is 0.366. The standard InChI is InChI=1S/C16H12N2O2/c19-15-13-8-4-5-9-14(13)16(20)18(15)17-11-10-12-6-2-1-3-7-12/h1-9,11H,10H2. The number of nitrogens with zero attached hydrogens (tertiary/aromatic N) is 2. The smallest absolute Gasteiger partial charge is 0.267 e. The summed E-state index contributed by atoms with van der Waals surface area (Å²) in [4.78, 5) is 24.1. The lowest BCUT2D eigenvalue weighted by atomic mass is 10.1. The van der Waals surface area contributed by atoms with Crippen LogP contribution in [0.2, 0.25) is 0 Å². The maximum atomic E-state index is 12.0. The summed E-state index contributed by atoms with van der Waals surface area (Å²) in [6, 6.07) is 16.5. The Morgan fingerprint density at radius 3 is 2.00 bits per heavy atom. The number of carbonyl (C=O) groups excluding carboxylic acids is 2. The van der Waals surface area contributed by atoms with E-state index < -0.39 is 0 Å². The van der Waals surface area contributed by atoms with E-state index in [0.717, 1.165) is 10.6 Å². The second kappa shape index (κ2) is 5.09. The number of imide groups is 1. The monoisotopic (exact) mass is 264 g/mol. The van der Waals surface area contributed by atoms with Crippen molar-refractivity contribution in [1.29, 1.82) is 0 Å². The highest BCUT2D eigenvalue weighted by Crippen LogP contribution is 2.22. The third kappa shape index (κ3) is 2.12. The minimum Gasteiger partial charge on any atom is -0.267 e. The van der Waals surface area contributed by atoms with Gasteiger partial charge < -0.3 is 0 Å². The van der Waals surface area contributed by atoms with Crippen molar-refractivity contribution in [2.45, 2.75) is 6.42 Å². The molecule has 0 atom stereocenters. The molecule has 0 unspecified atom stereocenters. The fourth-order valence-corrected chi connectivity index (χ4v) is 2.12. The number of hydrogen-bond donors (Lipinski definition) is 0. The van der Waals surface area contributed by atoms with Crippen LogP contribution >= 0.6 is 0 Å². The maximum Gasteiger partial charge on any atom is 0.282 e. The lowest BCUT2D eigenvalue weighted by molar-refractivity contribution is 0.0659. The number of carbonyl (C=O) groups is 2. The van der Waals surface area contributed by atoms with E-state index in [1.54, 1.807) is 30.5 Å². The second-order valence-corrected chi connectivity index (χ2v) is 4.46. The van der Waals surface area contributed by atoms with E-state index in [9.17, 15) is 9.59 Å². The van der Waals surface area contributed by atoms with Crippen LogP contribution < -0.4 is 0 Å². The molecule has 0 N–H and O–H groups in total. The summed E-state index contributed by atoms with van der Waals surface area (Å²) in [5.41, 5.74) is 1.90. The molecule has 0 aromatic heterocycles. The third-order valence-electron chi connectivity index (χ3n) is 3.14. The predicted octanol–water partition coefficient (Wildman–Crippen LogP) is 2.51. The Bertz CT molecular complexity index is 658. The quantitative estimate of drug-likeness (QED) is 0.631. The summed E-state index contributed by atoms with van der Waals surface area (Å²) in [7, 11) is 0. The largest absolute Gasteiger partial charge is 0.282 e. The lowest BCUT2D eigenvalue weighted by Crippen LogP contribution is -2.24. The average molecular weight is 264 g/mol. The molecular formula is C16H12N2O2. The zero-order chi connectivity index (χ0) is 13.9. The molecule has 0 bridgehead atoms. The minimum atomic E-state index is -0.366.